The van der Waals surface area contributed by atoms with E-state index in [0.717, 1.165) is 5.56 Å². The summed E-state index contributed by atoms with van der Waals surface area (Å²) in [7, 11) is 2.60. The molecule has 1 atom stereocenters. The quantitative estimate of drug-likeness (QED) is 0.817. The number of ether oxygens (including phenoxy) is 2. The van der Waals surface area contributed by atoms with E-state index < -0.39 is 18.0 Å². The SMILES string of the molecule is COC(=O)CC(NC(=O)c1ccc(C(=O)OC)cc1)c1ccccc1. The van der Waals surface area contributed by atoms with Crippen LogP contribution in [0.1, 0.15) is 38.7 Å². The Labute approximate surface area is 145 Å². The topological polar surface area (TPSA) is 81.7 Å². The number of methoxy groups -OCH3 is 2. The van der Waals surface area contributed by atoms with Crippen molar-refractivity contribution in [3.8, 4) is 0 Å². The predicted molar refractivity (Wildman–Crippen MR) is 91.1 cm³/mol. The molecule has 2 rings (SSSR count). The summed E-state index contributed by atoms with van der Waals surface area (Å²) >= 11 is 0. The van der Waals surface area contributed by atoms with E-state index >= 15 is 0 Å². The molecule has 2 aromatic carbocycles. The molecular weight excluding hydrogens is 322 g/mol. The Hall–Kier alpha value is -3.15. The molecule has 130 valence electrons. The molecule has 0 bridgehead atoms. The monoisotopic (exact) mass is 341 g/mol. The second-order valence-electron chi connectivity index (χ2n) is 5.29. The first-order valence-electron chi connectivity index (χ1n) is 7.66. The average Bonchev–Trinajstić information content (AvgIpc) is 2.67. The molecule has 6 heteroatoms. The van der Waals surface area contributed by atoms with Crippen LogP contribution in [0.15, 0.2) is 54.6 Å². The molecule has 0 fully saturated rings. The van der Waals surface area contributed by atoms with Gasteiger partial charge in [-0.2, -0.15) is 0 Å². The zero-order chi connectivity index (χ0) is 18.2. The second kappa shape index (κ2) is 8.63. The van der Waals surface area contributed by atoms with Crippen molar-refractivity contribution in [2.75, 3.05) is 14.2 Å². The van der Waals surface area contributed by atoms with Gasteiger partial charge in [-0.1, -0.05) is 30.3 Å². The van der Waals surface area contributed by atoms with Crippen LogP contribution >= 0.6 is 0 Å². The fraction of sp³-hybridized carbons (Fsp3) is 0.211. The van der Waals surface area contributed by atoms with Crippen LogP contribution in [-0.2, 0) is 14.3 Å². The van der Waals surface area contributed by atoms with Gasteiger partial charge in [-0.25, -0.2) is 4.79 Å². The smallest absolute Gasteiger partial charge is 0.337 e. The Balaban J connectivity index is 2.16. The first kappa shape index (κ1) is 18.2. The molecule has 0 heterocycles. The van der Waals surface area contributed by atoms with E-state index in [0.29, 0.717) is 11.1 Å². The van der Waals surface area contributed by atoms with E-state index in [4.69, 9.17) is 4.74 Å². The molecule has 0 saturated heterocycles. The normalized spacial score (nSPS) is 11.3. The Morgan fingerprint density at radius 1 is 0.880 bits per heavy atom. The number of carbonyl (C=O) groups excluding carboxylic acids is 3. The number of hydrogen-bond acceptors (Lipinski definition) is 5. The summed E-state index contributed by atoms with van der Waals surface area (Å²) in [5, 5.41) is 2.82. The van der Waals surface area contributed by atoms with Crippen molar-refractivity contribution >= 4 is 17.8 Å². The van der Waals surface area contributed by atoms with Gasteiger partial charge in [0.15, 0.2) is 0 Å². The molecule has 0 saturated carbocycles. The third-order valence-electron chi connectivity index (χ3n) is 3.67. The first-order chi connectivity index (χ1) is 12.0. The van der Waals surface area contributed by atoms with Crippen LogP contribution in [0.2, 0.25) is 0 Å². The molecule has 6 nitrogen and oxygen atoms in total. The minimum absolute atomic E-state index is 0.0203. The maximum absolute atomic E-state index is 12.5. The minimum Gasteiger partial charge on any atom is -0.469 e. The number of benzene rings is 2. The van der Waals surface area contributed by atoms with Gasteiger partial charge in [-0.3, -0.25) is 9.59 Å². The number of carbonyl (C=O) groups is 3. The van der Waals surface area contributed by atoms with E-state index in [1.807, 2.05) is 30.3 Å². The highest BCUT2D eigenvalue weighted by Gasteiger charge is 2.19. The van der Waals surface area contributed by atoms with Crippen LogP contribution in [0.5, 0.6) is 0 Å². The molecule has 0 radical (unpaired) electrons. The molecule has 0 aromatic heterocycles. The largest absolute Gasteiger partial charge is 0.469 e. The average molecular weight is 341 g/mol. The van der Waals surface area contributed by atoms with Crippen molar-refractivity contribution in [2.24, 2.45) is 0 Å². The van der Waals surface area contributed by atoms with E-state index in [-0.39, 0.29) is 12.3 Å². The summed E-state index contributed by atoms with van der Waals surface area (Å²) in [6.45, 7) is 0. The molecule has 0 aliphatic heterocycles. The van der Waals surface area contributed by atoms with E-state index in [1.54, 1.807) is 0 Å². The first-order valence-corrected chi connectivity index (χ1v) is 7.66. The highest BCUT2D eigenvalue weighted by molar-refractivity contribution is 5.96. The number of hydrogen-bond donors (Lipinski definition) is 1. The lowest BCUT2D eigenvalue weighted by Crippen LogP contribution is -2.30. The molecular formula is C19H19NO5. The highest BCUT2D eigenvalue weighted by atomic mass is 16.5. The van der Waals surface area contributed by atoms with Crippen molar-refractivity contribution < 1.29 is 23.9 Å². The van der Waals surface area contributed by atoms with Gasteiger partial charge >= 0.3 is 11.9 Å². The van der Waals surface area contributed by atoms with Crippen LogP contribution in [0.3, 0.4) is 0 Å². The van der Waals surface area contributed by atoms with Gasteiger partial charge in [0.05, 0.1) is 32.2 Å². The maximum atomic E-state index is 12.5. The standard InChI is InChI=1S/C19H19NO5/c1-24-17(21)12-16(13-6-4-3-5-7-13)20-18(22)14-8-10-15(11-9-14)19(23)25-2/h3-11,16H,12H2,1-2H3,(H,20,22). The zero-order valence-corrected chi connectivity index (χ0v) is 14.0. The molecule has 0 aliphatic rings. The Bertz CT molecular complexity index is 740. The van der Waals surface area contributed by atoms with E-state index in [9.17, 15) is 14.4 Å². The van der Waals surface area contributed by atoms with Gasteiger partial charge in [0.1, 0.15) is 0 Å². The van der Waals surface area contributed by atoms with Crippen LogP contribution in [0, 0.1) is 0 Å². The van der Waals surface area contributed by atoms with Crippen molar-refractivity contribution in [3.05, 3.63) is 71.3 Å². The van der Waals surface area contributed by atoms with Gasteiger partial charge in [-0.05, 0) is 29.8 Å². The lowest BCUT2D eigenvalue weighted by Gasteiger charge is -2.18. The summed E-state index contributed by atoms with van der Waals surface area (Å²) in [6.07, 6.45) is 0.0203. The number of nitrogens with one attached hydrogen (secondary N) is 1. The Morgan fingerprint density at radius 3 is 2.04 bits per heavy atom. The van der Waals surface area contributed by atoms with E-state index in [2.05, 4.69) is 10.1 Å². The fourth-order valence-electron chi connectivity index (χ4n) is 2.30. The number of rotatable bonds is 6. The van der Waals surface area contributed by atoms with Gasteiger partial charge in [0, 0.05) is 5.56 Å². The molecule has 0 spiro atoms. The van der Waals surface area contributed by atoms with Gasteiger partial charge in [-0.15, -0.1) is 0 Å². The molecule has 1 unspecified atom stereocenters. The van der Waals surface area contributed by atoms with Crippen LogP contribution in [0.25, 0.3) is 0 Å². The summed E-state index contributed by atoms with van der Waals surface area (Å²) in [5.41, 5.74) is 1.53. The fourth-order valence-corrected chi connectivity index (χ4v) is 2.30. The molecule has 25 heavy (non-hydrogen) atoms. The Kier molecular flexibility index (Phi) is 6.28. The van der Waals surface area contributed by atoms with Gasteiger partial charge in [0.25, 0.3) is 5.91 Å². The summed E-state index contributed by atoms with van der Waals surface area (Å²) in [5.74, 6) is -1.25. The van der Waals surface area contributed by atoms with Gasteiger partial charge < -0.3 is 14.8 Å². The van der Waals surface area contributed by atoms with Crippen molar-refractivity contribution in [1.82, 2.24) is 5.32 Å². The summed E-state index contributed by atoms with van der Waals surface area (Å²) < 4.78 is 9.33. The molecule has 0 aliphatic carbocycles. The van der Waals surface area contributed by atoms with Gasteiger partial charge in [0.2, 0.25) is 0 Å². The molecule has 2 aromatic rings. The predicted octanol–water partition coefficient (Wildman–Crippen LogP) is 2.51. The number of amides is 1. The number of esters is 2. The highest BCUT2D eigenvalue weighted by Crippen LogP contribution is 2.18. The van der Waals surface area contributed by atoms with Crippen molar-refractivity contribution in [2.45, 2.75) is 12.5 Å². The molecule has 1 amide bonds. The lowest BCUT2D eigenvalue weighted by atomic mass is 10.0. The maximum Gasteiger partial charge on any atom is 0.337 e. The third kappa shape index (κ3) is 4.91. The van der Waals surface area contributed by atoms with Crippen molar-refractivity contribution in [3.63, 3.8) is 0 Å². The van der Waals surface area contributed by atoms with Crippen molar-refractivity contribution in [1.29, 1.82) is 0 Å². The van der Waals surface area contributed by atoms with Crippen LogP contribution in [0.4, 0.5) is 0 Å². The lowest BCUT2D eigenvalue weighted by molar-refractivity contribution is -0.141. The summed E-state index contributed by atoms with van der Waals surface area (Å²) in [6, 6.07) is 14.7. The minimum atomic E-state index is -0.513. The second-order valence-corrected chi connectivity index (χ2v) is 5.29. The zero-order valence-electron chi connectivity index (χ0n) is 14.0. The van der Waals surface area contributed by atoms with Crippen LogP contribution < -0.4 is 5.32 Å². The molecule has 1 N–H and O–H groups in total. The van der Waals surface area contributed by atoms with E-state index in [1.165, 1.54) is 38.5 Å². The van der Waals surface area contributed by atoms with Crippen LogP contribution in [-0.4, -0.2) is 32.1 Å². The summed E-state index contributed by atoms with van der Waals surface area (Å²) in [4.78, 5) is 35.5. The third-order valence-corrected chi connectivity index (χ3v) is 3.67. The Morgan fingerprint density at radius 2 is 1.48 bits per heavy atom.